The molecule has 0 saturated carbocycles. The molecule has 1 amide bonds. The first-order valence-electron chi connectivity index (χ1n) is 5.37. The van der Waals surface area contributed by atoms with Crippen molar-refractivity contribution in [3.8, 4) is 6.07 Å². The van der Waals surface area contributed by atoms with Crippen LogP contribution in [0.15, 0.2) is 29.2 Å². The summed E-state index contributed by atoms with van der Waals surface area (Å²) in [5, 5.41) is 19.3. The Morgan fingerprint density at radius 1 is 1.32 bits per heavy atom. The van der Waals surface area contributed by atoms with Crippen LogP contribution in [-0.2, 0) is 14.8 Å². The minimum atomic E-state index is -3.65. The highest BCUT2D eigenvalue weighted by Gasteiger charge is 2.12. The molecule has 0 spiro atoms. The van der Waals surface area contributed by atoms with E-state index in [0.29, 0.717) is 5.69 Å². The summed E-state index contributed by atoms with van der Waals surface area (Å²) < 4.78 is 25.5. The van der Waals surface area contributed by atoms with Crippen LogP contribution in [0.5, 0.6) is 0 Å². The fraction of sp³-hybridized carbons (Fsp3) is 0.273. The molecule has 0 bridgehead atoms. The smallest absolute Gasteiger partial charge is 0.240 e. The summed E-state index contributed by atoms with van der Waals surface area (Å²) in [6.07, 6.45) is -0.266. The summed E-state index contributed by atoms with van der Waals surface area (Å²) in [6, 6.07) is 7.19. The third kappa shape index (κ3) is 4.67. The van der Waals surface area contributed by atoms with Gasteiger partial charge in [-0.15, -0.1) is 0 Å². The number of sulfonamides is 1. The Balaban J connectivity index is 2.77. The van der Waals surface area contributed by atoms with E-state index in [1.165, 1.54) is 24.3 Å². The van der Waals surface area contributed by atoms with E-state index in [9.17, 15) is 13.2 Å². The lowest BCUT2D eigenvalue weighted by atomic mass is 10.3. The standard InChI is InChI=1S/C11H13N3O4S/c12-6-5-11(16)14-9-1-3-10(4-2-9)19(17,18)13-7-8-15/h1-4,13,15H,5,7-8H2,(H,14,16). The molecule has 102 valence electrons. The highest BCUT2D eigenvalue weighted by atomic mass is 32.2. The molecule has 0 atom stereocenters. The number of nitriles is 1. The fourth-order valence-electron chi connectivity index (χ4n) is 1.26. The minimum Gasteiger partial charge on any atom is -0.395 e. The molecule has 0 radical (unpaired) electrons. The van der Waals surface area contributed by atoms with E-state index >= 15 is 0 Å². The average Bonchev–Trinajstić information content (AvgIpc) is 2.37. The van der Waals surface area contributed by atoms with E-state index < -0.39 is 15.9 Å². The maximum Gasteiger partial charge on any atom is 0.240 e. The van der Waals surface area contributed by atoms with Crippen LogP contribution < -0.4 is 10.0 Å². The van der Waals surface area contributed by atoms with Gasteiger partial charge in [0.05, 0.1) is 17.6 Å². The second-order valence-electron chi connectivity index (χ2n) is 3.53. The lowest BCUT2D eigenvalue weighted by Gasteiger charge is -2.07. The average molecular weight is 283 g/mol. The Labute approximate surface area is 110 Å². The van der Waals surface area contributed by atoms with Crippen molar-refractivity contribution in [2.75, 3.05) is 18.5 Å². The maximum atomic E-state index is 11.7. The van der Waals surface area contributed by atoms with Crippen molar-refractivity contribution in [1.29, 1.82) is 5.26 Å². The van der Waals surface area contributed by atoms with Crippen LogP contribution in [0, 0.1) is 11.3 Å². The molecule has 0 aromatic heterocycles. The van der Waals surface area contributed by atoms with Gasteiger partial charge >= 0.3 is 0 Å². The Morgan fingerprint density at radius 2 is 1.95 bits per heavy atom. The van der Waals surface area contributed by atoms with Crippen molar-refractivity contribution >= 4 is 21.6 Å². The first kappa shape index (κ1) is 15.1. The molecular formula is C11H13N3O4S. The fourth-order valence-corrected chi connectivity index (χ4v) is 2.28. The molecule has 19 heavy (non-hydrogen) atoms. The van der Waals surface area contributed by atoms with Crippen LogP contribution in [0.2, 0.25) is 0 Å². The molecule has 0 aliphatic rings. The number of aliphatic hydroxyl groups is 1. The molecule has 0 aliphatic heterocycles. The molecule has 0 heterocycles. The number of anilines is 1. The van der Waals surface area contributed by atoms with Gasteiger partial charge in [0, 0.05) is 12.2 Å². The zero-order valence-electron chi connectivity index (χ0n) is 9.96. The van der Waals surface area contributed by atoms with Crippen LogP contribution in [0.1, 0.15) is 6.42 Å². The lowest BCUT2D eigenvalue weighted by molar-refractivity contribution is -0.115. The highest BCUT2D eigenvalue weighted by molar-refractivity contribution is 7.89. The Hall–Kier alpha value is -1.95. The quantitative estimate of drug-likeness (QED) is 0.668. The number of nitrogens with zero attached hydrogens (tertiary/aromatic N) is 1. The topological polar surface area (TPSA) is 119 Å². The van der Waals surface area contributed by atoms with Gasteiger partial charge < -0.3 is 10.4 Å². The van der Waals surface area contributed by atoms with E-state index in [4.69, 9.17) is 10.4 Å². The summed E-state index contributed by atoms with van der Waals surface area (Å²) in [4.78, 5) is 11.2. The van der Waals surface area contributed by atoms with Gasteiger partial charge in [0.15, 0.2) is 0 Å². The molecule has 1 aromatic carbocycles. The third-order valence-electron chi connectivity index (χ3n) is 2.09. The molecule has 8 heteroatoms. The minimum absolute atomic E-state index is 0.0271. The van der Waals surface area contributed by atoms with Crippen LogP contribution >= 0.6 is 0 Å². The maximum absolute atomic E-state index is 11.7. The van der Waals surface area contributed by atoms with E-state index in [0.717, 1.165) is 0 Å². The molecule has 0 fully saturated rings. The van der Waals surface area contributed by atoms with E-state index in [-0.39, 0.29) is 24.5 Å². The predicted octanol–water partition coefficient (Wildman–Crippen LogP) is -0.191. The molecule has 1 rings (SSSR count). The number of benzene rings is 1. The second-order valence-corrected chi connectivity index (χ2v) is 5.30. The van der Waals surface area contributed by atoms with Crippen molar-refractivity contribution in [3.05, 3.63) is 24.3 Å². The Bertz CT molecular complexity index is 575. The predicted molar refractivity (Wildman–Crippen MR) is 67.6 cm³/mol. The molecule has 1 aromatic rings. The summed E-state index contributed by atoms with van der Waals surface area (Å²) in [5.74, 6) is -0.462. The second kappa shape index (κ2) is 6.84. The van der Waals surface area contributed by atoms with Gasteiger partial charge in [-0.3, -0.25) is 4.79 Å². The van der Waals surface area contributed by atoms with Crippen LogP contribution in [0.4, 0.5) is 5.69 Å². The number of hydrogen-bond donors (Lipinski definition) is 3. The van der Waals surface area contributed by atoms with Crippen molar-refractivity contribution in [3.63, 3.8) is 0 Å². The first-order valence-corrected chi connectivity index (χ1v) is 6.85. The van der Waals surface area contributed by atoms with Gasteiger partial charge in [0.25, 0.3) is 0 Å². The Kier molecular flexibility index (Phi) is 5.44. The van der Waals surface area contributed by atoms with Gasteiger partial charge in [0.1, 0.15) is 6.42 Å². The molecule has 0 aliphatic carbocycles. The number of amides is 1. The van der Waals surface area contributed by atoms with Crippen LogP contribution in [0.25, 0.3) is 0 Å². The number of carbonyl (C=O) groups excluding carboxylic acids is 1. The van der Waals surface area contributed by atoms with E-state index in [2.05, 4.69) is 10.0 Å². The van der Waals surface area contributed by atoms with Crippen LogP contribution in [0.3, 0.4) is 0 Å². The summed E-state index contributed by atoms with van der Waals surface area (Å²) in [6.45, 7) is -0.357. The van der Waals surface area contributed by atoms with Crippen molar-refractivity contribution < 1.29 is 18.3 Å². The normalized spacial score (nSPS) is 10.7. The molecule has 3 N–H and O–H groups in total. The van der Waals surface area contributed by atoms with Crippen molar-refractivity contribution in [2.24, 2.45) is 0 Å². The molecule has 0 unspecified atom stereocenters. The summed E-state index contributed by atoms with van der Waals surface area (Å²) >= 11 is 0. The van der Waals surface area contributed by atoms with Gasteiger partial charge in [-0.05, 0) is 24.3 Å². The molecule has 0 saturated heterocycles. The number of nitrogens with one attached hydrogen (secondary N) is 2. The van der Waals surface area contributed by atoms with Gasteiger partial charge in [0.2, 0.25) is 15.9 Å². The third-order valence-corrected chi connectivity index (χ3v) is 3.57. The first-order chi connectivity index (χ1) is 8.99. The van der Waals surface area contributed by atoms with Gasteiger partial charge in [-0.2, -0.15) is 5.26 Å². The van der Waals surface area contributed by atoms with Gasteiger partial charge in [-0.1, -0.05) is 0 Å². The number of hydrogen-bond acceptors (Lipinski definition) is 5. The van der Waals surface area contributed by atoms with Gasteiger partial charge in [-0.25, -0.2) is 13.1 Å². The van der Waals surface area contributed by atoms with E-state index in [1.807, 2.05) is 0 Å². The SMILES string of the molecule is N#CCC(=O)Nc1ccc(S(=O)(=O)NCCO)cc1. The highest BCUT2D eigenvalue weighted by Crippen LogP contribution is 2.13. The van der Waals surface area contributed by atoms with Crippen LogP contribution in [-0.4, -0.2) is 32.6 Å². The zero-order valence-corrected chi connectivity index (χ0v) is 10.8. The Morgan fingerprint density at radius 3 is 2.47 bits per heavy atom. The summed E-state index contributed by atoms with van der Waals surface area (Å²) in [5.41, 5.74) is 0.404. The number of aliphatic hydroxyl groups excluding tert-OH is 1. The lowest BCUT2D eigenvalue weighted by Crippen LogP contribution is -2.26. The number of rotatable bonds is 6. The van der Waals surface area contributed by atoms with Crippen molar-refractivity contribution in [1.82, 2.24) is 4.72 Å². The summed E-state index contributed by atoms with van der Waals surface area (Å²) in [7, 11) is -3.65. The molecule has 7 nitrogen and oxygen atoms in total. The van der Waals surface area contributed by atoms with Crippen molar-refractivity contribution in [2.45, 2.75) is 11.3 Å². The monoisotopic (exact) mass is 283 g/mol. The van der Waals surface area contributed by atoms with E-state index in [1.54, 1.807) is 6.07 Å². The zero-order chi connectivity index (χ0) is 14.3. The largest absolute Gasteiger partial charge is 0.395 e. The number of carbonyl (C=O) groups is 1. The molecular weight excluding hydrogens is 270 g/mol.